The SMILES string of the molecule is CCOC(=O)c1c(S(=O)(=O)N2CCCC(C(=O)N3CCN(c4ccccn4)CC3)C2)c(C)n(C)c1C. The first-order chi connectivity index (χ1) is 17.2. The molecule has 1 amide bonds. The van der Waals surface area contributed by atoms with Gasteiger partial charge in [-0.05, 0) is 45.7 Å². The summed E-state index contributed by atoms with van der Waals surface area (Å²) in [7, 11) is -2.27. The van der Waals surface area contributed by atoms with Crippen molar-refractivity contribution in [1.29, 1.82) is 0 Å². The molecule has 0 aromatic carbocycles. The van der Waals surface area contributed by atoms with Crippen LogP contribution in [0.4, 0.5) is 5.82 Å². The maximum atomic E-state index is 13.8. The number of esters is 1. The third kappa shape index (κ3) is 4.86. The Labute approximate surface area is 212 Å². The van der Waals surface area contributed by atoms with Gasteiger partial charge in [-0.3, -0.25) is 4.79 Å². The molecular formula is C25H35N5O5S. The minimum Gasteiger partial charge on any atom is -0.462 e. The number of amides is 1. The summed E-state index contributed by atoms with van der Waals surface area (Å²) in [6, 6.07) is 5.78. The first kappa shape index (κ1) is 26.2. The Bertz CT molecular complexity index is 1220. The molecule has 2 saturated heterocycles. The van der Waals surface area contributed by atoms with E-state index in [2.05, 4.69) is 9.88 Å². The number of piperidine rings is 1. The first-order valence-corrected chi connectivity index (χ1v) is 13.9. The van der Waals surface area contributed by atoms with Crippen LogP contribution in [-0.4, -0.2) is 84.9 Å². The van der Waals surface area contributed by atoms with Crippen LogP contribution in [0.15, 0.2) is 29.3 Å². The van der Waals surface area contributed by atoms with Crippen molar-refractivity contribution in [2.45, 2.75) is 38.5 Å². The van der Waals surface area contributed by atoms with Gasteiger partial charge < -0.3 is 19.1 Å². The Morgan fingerprint density at radius 3 is 2.44 bits per heavy atom. The van der Waals surface area contributed by atoms with Gasteiger partial charge in [0, 0.05) is 63.9 Å². The van der Waals surface area contributed by atoms with E-state index in [1.54, 1.807) is 38.6 Å². The summed E-state index contributed by atoms with van der Waals surface area (Å²) in [6.45, 7) is 8.18. The molecule has 11 heteroatoms. The van der Waals surface area contributed by atoms with E-state index < -0.39 is 21.9 Å². The van der Waals surface area contributed by atoms with Crippen LogP contribution in [0.2, 0.25) is 0 Å². The zero-order chi connectivity index (χ0) is 26.0. The predicted octanol–water partition coefficient (Wildman–Crippen LogP) is 1.96. The van der Waals surface area contributed by atoms with Crippen molar-refractivity contribution in [3.05, 3.63) is 41.3 Å². The van der Waals surface area contributed by atoms with Crippen molar-refractivity contribution in [3.8, 4) is 0 Å². The van der Waals surface area contributed by atoms with E-state index in [4.69, 9.17) is 4.74 Å². The topological polar surface area (TPSA) is 105 Å². The molecule has 2 aliphatic rings. The fourth-order valence-corrected chi connectivity index (χ4v) is 7.13. The van der Waals surface area contributed by atoms with Crippen LogP contribution in [0.3, 0.4) is 0 Å². The second-order valence-electron chi connectivity index (χ2n) is 9.36. The molecular weight excluding hydrogens is 482 g/mol. The van der Waals surface area contributed by atoms with E-state index >= 15 is 0 Å². The van der Waals surface area contributed by atoms with Crippen LogP contribution < -0.4 is 4.90 Å². The largest absolute Gasteiger partial charge is 0.462 e. The average molecular weight is 518 g/mol. The number of hydrogen-bond acceptors (Lipinski definition) is 7. The molecule has 2 aliphatic heterocycles. The van der Waals surface area contributed by atoms with Gasteiger partial charge in [0.15, 0.2) is 0 Å². The first-order valence-electron chi connectivity index (χ1n) is 12.4. The molecule has 2 aromatic heterocycles. The quantitative estimate of drug-likeness (QED) is 0.540. The summed E-state index contributed by atoms with van der Waals surface area (Å²) < 4.78 is 35.9. The standard InChI is InChI=1S/C25H35N5O5S/c1-5-35-25(32)22-18(2)27(4)19(3)23(22)36(33,34)30-12-8-9-20(17-30)24(31)29-15-13-28(14-16-29)21-10-6-7-11-26-21/h6-7,10-11,20H,5,8-9,12-17H2,1-4H3. The number of ether oxygens (including phenoxy) is 1. The Morgan fingerprint density at radius 1 is 1.08 bits per heavy atom. The van der Waals surface area contributed by atoms with Gasteiger partial charge in [0.1, 0.15) is 16.3 Å². The Kier molecular flexibility index (Phi) is 7.70. The molecule has 10 nitrogen and oxygen atoms in total. The molecule has 2 aromatic rings. The molecule has 0 N–H and O–H groups in total. The monoisotopic (exact) mass is 517 g/mol. The third-order valence-electron chi connectivity index (χ3n) is 7.30. The number of aromatic nitrogens is 2. The minimum absolute atomic E-state index is 0.0119. The van der Waals surface area contributed by atoms with Gasteiger partial charge in [-0.1, -0.05) is 6.07 Å². The molecule has 0 bridgehead atoms. The van der Waals surface area contributed by atoms with Crippen molar-refractivity contribution in [3.63, 3.8) is 0 Å². The number of sulfonamides is 1. The molecule has 0 aliphatic carbocycles. The van der Waals surface area contributed by atoms with Gasteiger partial charge in [0.2, 0.25) is 15.9 Å². The average Bonchev–Trinajstić information content (AvgIpc) is 3.13. The fourth-order valence-electron chi connectivity index (χ4n) is 5.12. The van der Waals surface area contributed by atoms with E-state index in [0.717, 1.165) is 5.82 Å². The lowest BCUT2D eigenvalue weighted by Crippen LogP contribution is -2.53. The minimum atomic E-state index is -4.01. The van der Waals surface area contributed by atoms with Gasteiger partial charge in [-0.2, -0.15) is 4.31 Å². The fraction of sp³-hybridized carbons (Fsp3) is 0.560. The van der Waals surface area contributed by atoms with Crippen LogP contribution >= 0.6 is 0 Å². The van der Waals surface area contributed by atoms with Gasteiger partial charge in [-0.25, -0.2) is 18.2 Å². The summed E-state index contributed by atoms with van der Waals surface area (Å²) in [6.07, 6.45) is 2.99. The zero-order valence-electron chi connectivity index (χ0n) is 21.4. The van der Waals surface area contributed by atoms with E-state index in [1.807, 2.05) is 23.1 Å². The number of hydrogen-bond donors (Lipinski definition) is 0. The van der Waals surface area contributed by atoms with Crippen molar-refractivity contribution in [1.82, 2.24) is 18.8 Å². The smallest absolute Gasteiger partial charge is 0.341 e. The number of pyridine rings is 1. The summed E-state index contributed by atoms with van der Waals surface area (Å²) in [5.74, 6) is -0.175. The Hall–Kier alpha value is -2.92. The second kappa shape index (κ2) is 10.6. The van der Waals surface area contributed by atoms with E-state index in [-0.39, 0.29) is 29.5 Å². The summed E-state index contributed by atoms with van der Waals surface area (Å²) in [4.78, 5) is 34.4. The van der Waals surface area contributed by atoms with Crippen LogP contribution in [0.1, 0.15) is 41.5 Å². The molecule has 1 unspecified atom stereocenters. The van der Waals surface area contributed by atoms with Crippen molar-refractivity contribution < 1.29 is 22.7 Å². The van der Waals surface area contributed by atoms with E-state index in [9.17, 15) is 18.0 Å². The number of anilines is 1. The normalized spacial score (nSPS) is 19.4. The second-order valence-corrected chi connectivity index (χ2v) is 11.2. The number of nitrogens with zero attached hydrogens (tertiary/aromatic N) is 5. The van der Waals surface area contributed by atoms with Gasteiger partial charge in [0.25, 0.3) is 0 Å². The predicted molar refractivity (Wildman–Crippen MR) is 135 cm³/mol. The Morgan fingerprint density at radius 2 is 1.81 bits per heavy atom. The van der Waals surface area contributed by atoms with Crippen molar-refractivity contribution >= 4 is 27.7 Å². The number of piperazine rings is 1. The van der Waals surface area contributed by atoms with E-state index in [0.29, 0.717) is 57.0 Å². The lowest BCUT2D eigenvalue weighted by molar-refractivity contribution is -0.137. The van der Waals surface area contributed by atoms with Gasteiger partial charge >= 0.3 is 5.97 Å². The molecule has 2 fully saturated rings. The van der Waals surface area contributed by atoms with E-state index in [1.165, 1.54) is 4.31 Å². The highest BCUT2D eigenvalue weighted by Crippen LogP contribution is 2.32. The van der Waals surface area contributed by atoms with Crippen LogP contribution in [-0.2, 0) is 26.6 Å². The van der Waals surface area contributed by atoms with Gasteiger partial charge in [0.05, 0.1) is 12.5 Å². The molecule has 4 rings (SSSR count). The molecule has 0 radical (unpaired) electrons. The lowest BCUT2D eigenvalue weighted by Gasteiger charge is -2.39. The maximum absolute atomic E-state index is 13.8. The van der Waals surface area contributed by atoms with Gasteiger partial charge in [-0.15, -0.1) is 0 Å². The van der Waals surface area contributed by atoms with Crippen molar-refractivity contribution in [2.75, 3.05) is 50.8 Å². The maximum Gasteiger partial charge on any atom is 0.341 e. The van der Waals surface area contributed by atoms with Crippen molar-refractivity contribution in [2.24, 2.45) is 13.0 Å². The summed E-state index contributed by atoms with van der Waals surface area (Å²) >= 11 is 0. The Balaban J connectivity index is 1.50. The number of carbonyl (C=O) groups is 2. The number of carbonyl (C=O) groups excluding carboxylic acids is 2. The number of rotatable bonds is 6. The highest BCUT2D eigenvalue weighted by molar-refractivity contribution is 7.89. The molecule has 4 heterocycles. The summed E-state index contributed by atoms with van der Waals surface area (Å²) in [5, 5.41) is 0. The zero-order valence-corrected chi connectivity index (χ0v) is 22.3. The molecule has 196 valence electrons. The highest BCUT2D eigenvalue weighted by atomic mass is 32.2. The summed E-state index contributed by atoms with van der Waals surface area (Å²) in [5.41, 5.74) is 1.10. The molecule has 1 atom stereocenters. The van der Waals surface area contributed by atoms with Crippen LogP contribution in [0.25, 0.3) is 0 Å². The molecule has 0 spiro atoms. The highest BCUT2D eigenvalue weighted by Gasteiger charge is 2.40. The lowest BCUT2D eigenvalue weighted by atomic mass is 9.98. The third-order valence-corrected chi connectivity index (χ3v) is 9.33. The van der Waals surface area contributed by atoms with Crippen LogP contribution in [0, 0.1) is 19.8 Å². The van der Waals surface area contributed by atoms with Crippen LogP contribution in [0.5, 0.6) is 0 Å². The molecule has 36 heavy (non-hydrogen) atoms. The molecule has 0 saturated carbocycles.